The average molecular weight is 423 g/mol. The Hall–Kier alpha value is -3.36. The van der Waals surface area contributed by atoms with Crippen LogP contribution in [0.2, 0.25) is 0 Å². The molecule has 0 spiro atoms. The lowest BCUT2D eigenvalue weighted by Crippen LogP contribution is -2.13. The molecule has 0 radical (unpaired) electrons. The summed E-state index contributed by atoms with van der Waals surface area (Å²) in [6.07, 6.45) is 0. The number of hydrogen-bond acceptors (Lipinski definition) is 8. The molecule has 0 amide bonds. The van der Waals surface area contributed by atoms with Crippen LogP contribution in [0.25, 0.3) is 33.8 Å². The van der Waals surface area contributed by atoms with Crippen LogP contribution in [-0.4, -0.2) is 35.6 Å². The second-order valence-electron chi connectivity index (χ2n) is 7.68. The van der Waals surface area contributed by atoms with Crippen molar-refractivity contribution in [1.82, 2.24) is 10.1 Å². The largest absolute Gasteiger partial charge is 0.493 e. The predicted octanol–water partition coefficient (Wildman–Crippen LogP) is 4.19. The number of nitrogens with two attached hydrogens (primary N) is 1. The van der Waals surface area contributed by atoms with Crippen molar-refractivity contribution in [3.63, 3.8) is 0 Å². The van der Waals surface area contributed by atoms with Gasteiger partial charge >= 0.3 is 0 Å². The van der Waals surface area contributed by atoms with Crippen LogP contribution in [0.1, 0.15) is 25.6 Å². The van der Waals surface area contributed by atoms with E-state index < -0.39 is 6.04 Å². The first-order valence-corrected chi connectivity index (χ1v) is 10.0. The molecular weight excluding hydrogens is 398 g/mol. The van der Waals surface area contributed by atoms with Gasteiger partial charge in [0.15, 0.2) is 11.5 Å². The summed E-state index contributed by atoms with van der Waals surface area (Å²) in [5.74, 6) is 3.01. The molecule has 0 aliphatic rings. The Morgan fingerprint density at radius 3 is 2.61 bits per heavy atom. The maximum Gasteiger partial charge on any atom is 0.258 e. The number of aliphatic hydroxyl groups is 1. The van der Waals surface area contributed by atoms with Gasteiger partial charge in [-0.1, -0.05) is 19.0 Å². The molecule has 0 aliphatic heterocycles. The predicted molar refractivity (Wildman–Crippen MR) is 116 cm³/mol. The lowest BCUT2D eigenvalue weighted by Gasteiger charge is -2.12. The summed E-state index contributed by atoms with van der Waals surface area (Å²) >= 11 is 0. The van der Waals surface area contributed by atoms with E-state index in [1.54, 1.807) is 7.11 Å². The van der Waals surface area contributed by atoms with Crippen LogP contribution < -0.4 is 15.2 Å². The van der Waals surface area contributed by atoms with Crippen molar-refractivity contribution >= 4 is 11.0 Å². The van der Waals surface area contributed by atoms with Crippen LogP contribution in [0, 0.1) is 5.92 Å². The number of benzene rings is 2. The van der Waals surface area contributed by atoms with Gasteiger partial charge in [-0.15, -0.1) is 0 Å². The average Bonchev–Trinajstić information content (AvgIpc) is 3.43. The number of hydrogen-bond donors (Lipinski definition) is 2. The molecule has 1 unspecified atom stereocenters. The number of ether oxygens (including phenoxy) is 2. The lowest BCUT2D eigenvalue weighted by atomic mass is 10.1. The maximum atomic E-state index is 9.24. The number of furan rings is 1. The van der Waals surface area contributed by atoms with Gasteiger partial charge in [-0.2, -0.15) is 4.98 Å². The molecule has 1 atom stereocenters. The van der Waals surface area contributed by atoms with Crippen molar-refractivity contribution in [1.29, 1.82) is 0 Å². The highest BCUT2D eigenvalue weighted by Gasteiger charge is 2.16. The Kier molecular flexibility index (Phi) is 5.92. The van der Waals surface area contributed by atoms with E-state index in [-0.39, 0.29) is 6.61 Å². The highest BCUT2D eigenvalue weighted by atomic mass is 16.5. The SMILES string of the molecule is COc1ccc(-c2nc(-c3ccc4oc(C(N)CO)cc4c3)no2)cc1OCC(C)C. The van der Waals surface area contributed by atoms with Crippen LogP contribution in [-0.2, 0) is 0 Å². The first kappa shape index (κ1) is 20.9. The zero-order valence-corrected chi connectivity index (χ0v) is 17.7. The molecule has 2 aromatic carbocycles. The third-order valence-corrected chi connectivity index (χ3v) is 4.76. The van der Waals surface area contributed by atoms with E-state index in [2.05, 4.69) is 24.0 Å². The Bertz CT molecular complexity index is 1180. The number of aliphatic hydroxyl groups excluding tert-OH is 1. The van der Waals surface area contributed by atoms with Crippen molar-refractivity contribution in [3.05, 3.63) is 48.2 Å². The highest BCUT2D eigenvalue weighted by molar-refractivity contribution is 5.83. The summed E-state index contributed by atoms with van der Waals surface area (Å²) in [6.45, 7) is 4.54. The van der Waals surface area contributed by atoms with Crippen molar-refractivity contribution in [2.45, 2.75) is 19.9 Å². The molecule has 0 saturated carbocycles. The maximum absolute atomic E-state index is 9.24. The third kappa shape index (κ3) is 4.40. The van der Waals surface area contributed by atoms with Gasteiger partial charge in [0.25, 0.3) is 5.89 Å². The lowest BCUT2D eigenvalue weighted by molar-refractivity contribution is 0.254. The molecule has 4 aromatic rings. The van der Waals surface area contributed by atoms with Gasteiger partial charge in [0.2, 0.25) is 5.82 Å². The monoisotopic (exact) mass is 423 g/mol. The third-order valence-electron chi connectivity index (χ3n) is 4.76. The minimum Gasteiger partial charge on any atom is -0.493 e. The van der Waals surface area contributed by atoms with Gasteiger partial charge in [-0.3, -0.25) is 0 Å². The number of methoxy groups -OCH3 is 1. The van der Waals surface area contributed by atoms with Gasteiger partial charge in [0.05, 0.1) is 26.4 Å². The number of fused-ring (bicyclic) bond motifs is 1. The Labute approximate surface area is 179 Å². The molecule has 0 saturated heterocycles. The summed E-state index contributed by atoms with van der Waals surface area (Å²) in [5.41, 5.74) is 8.03. The van der Waals surface area contributed by atoms with Gasteiger partial charge in [0.1, 0.15) is 11.3 Å². The van der Waals surface area contributed by atoms with E-state index in [0.717, 1.165) is 16.5 Å². The molecule has 0 aliphatic carbocycles. The Morgan fingerprint density at radius 2 is 1.87 bits per heavy atom. The molecule has 0 bridgehead atoms. The van der Waals surface area contributed by atoms with E-state index in [4.69, 9.17) is 24.1 Å². The molecule has 31 heavy (non-hydrogen) atoms. The molecular formula is C23H25N3O5. The van der Waals surface area contributed by atoms with E-state index in [1.807, 2.05) is 42.5 Å². The van der Waals surface area contributed by atoms with Crippen LogP contribution in [0.5, 0.6) is 11.5 Å². The van der Waals surface area contributed by atoms with Gasteiger partial charge in [-0.25, -0.2) is 0 Å². The second kappa shape index (κ2) is 8.79. The standard InChI is InChI=1S/C23H25N3O5/c1-13(2)12-29-21-9-15(5-7-19(21)28-3)23-25-22(26-31-23)14-4-6-18-16(8-14)10-20(30-18)17(24)11-27/h4-10,13,17,27H,11-12,24H2,1-3H3. The zero-order chi connectivity index (χ0) is 22.0. The minimum absolute atomic E-state index is 0.189. The second-order valence-corrected chi connectivity index (χ2v) is 7.68. The first-order valence-electron chi connectivity index (χ1n) is 10.0. The van der Waals surface area contributed by atoms with Crippen LogP contribution in [0.15, 0.2) is 51.4 Å². The molecule has 2 aromatic heterocycles. The van der Waals surface area contributed by atoms with Gasteiger partial charge < -0.3 is 29.3 Å². The van der Waals surface area contributed by atoms with Crippen molar-refractivity contribution in [2.75, 3.05) is 20.3 Å². The van der Waals surface area contributed by atoms with E-state index in [1.165, 1.54) is 0 Å². The minimum atomic E-state index is -0.560. The fourth-order valence-corrected chi connectivity index (χ4v) is 3.11. The molecule has 0 fully saturated rings. The van der Waals surface area contributed by atoms with Gasteiger partial charge in [-0.05, 0) is 48.4 Å². The molecule has 8 heteroatoms. The fraction of sp³-hybridized carbons (Fsp3) is 0.304. The van der Waals surface area contributed by atoms with Crippen molar-refractivity contribution in [3.8, 4) is 34.3 Å². The quantitative estimate of drug-likeness (QED) is 0.433. The number of nitrogens with zero attached hydrogens (tertiary/aromatic N) is 2. The number of aromatic nitrogens is 2. The van der Waals surface area contributed by atoms with Crippen LogP contribution in [0.3, 0.4) is 0 Å². The molecule has 162 valence electrons. The van der Waals surface area contributed by atoms with Crippen molar-refractivity contribution < 1.29 is 23.5 Å². The highest BCUT2D eigenvalue weighted by Crippen LogP contribution is 2.33. The zero-order valence-electron chi connectivity index (χ0n) is 17.7. The smallest absolute Gasteiger partial charge is 0.258 e. The molecule has 2 heterocycles. The summed E-state index contributed by atoms with van der Waals surface area (Å²) in [7, 11) is 1.60. The van der Waals surface area contributed by atoms with Crippen molar-refractivity contribution in [2.24, 2.45) is 11.7 Å². The van der Waals surface area contributed by atoms with Crippen LogP contribution in [0.4, 0.5) is 0 Å². The molecule has 3 N–H and O–H groups in total. The first-order chi connectivity index (χ1) is 15.0. The van der Waals surface area contributed by atoms with Crippen LogP contribution >= 0.6 is 0 Å². The Balaban J connectivity index is 1.62. The summed E-state index contributed by atoms with van der Waals surface area (Å²) < 4.78 is 22.4. The van der Waals surface area contributed by atoms with Gasteiger partial charge in [0, 0.05) is 16.5 Å². The van der Waals surface area contributed by atoms with E-state index in [9.17, 15) is 5.11 Å². The topological polar surface area (TPSA) is 117 Å². The normalized spacial score (nSPS) is 12.5. The number of rotatable bonds is 8. The van der Waals surface area contributed by atoms with E-state index >= 15 is 0 Å². The fourth-order valence-electron chi connectivity index (χ4n) is 3.11. The van der Waals surface area contributed by atoms with E-state index in [0.29, 0.717) is 47.1 Å². The molecule has 8 nitrogen and oxygen atoms in total. The molecule has 4 rings (SSSR count). The summed E-state index contributed by atoms with van der Waals surface area (Å²) in [5, 5.41) is 14.2. The summed E-state index contributed by atoms with van der Waals surface area (Å²) in [4.78, 5) is 4.54. The summed E-state index contributed by atoms with van der Waals surface area (Å²) in [6, 6.07) is 12.3. The Morgan fingerprint density at radius 1 is 1.06 bits per heavy atom.